The number of alkyl halides is 3. The minimum Gasteiger partial charge on any atom is -0.337 e. The SMILES string of the molecule is CC(=CC(=O)N1CCC(NC(=O)Nc2ccc(F)cc2)C1)c1ccc(C(F)(F)F)cc1. The van der Waals surface area contributed by atoms with Gasteiger partial charge in [-0.1, -0.05) is 12.1 Å². The molecule has 0 aliphatic carbocycles. The molecule has 1 heterocycles. The fraction of sp³-hybridized carbons (Fsp3) is 0.273. The molecule has 1 saturated heterocycles. The molecule has 0 radical (unpaired) electrons. The maximum atomic E-state index is 12.9. The number of likely N-dealkylation sites (tertiary alicyclic amines) is 1. The molecule has 0 saturated carbocycles. The first-order valence-electron chi connectivity index (χ1n) is 9.60. The van der Waals surface area contributed by atoms with Crippen molar-refractivity contribution in [2.75, 3.05) is 18.4 Å². The van der Waals surface area contributed by atoms with Crippen LogP contribution in [0.4, 0.5) is 28.0 Å². The molecule has 1 aliphatic heterocycles. The lowest BCUT2D eigenvalue weighted by Crippen LogP contribution is -2.40. The monoisotopic (exact) mass is 435 g/mol. The van der Waals surface area contributed by atoms with Crippen molar-refractivity contribution >= 4 is 23.2 Å². The zero-order chi connectivity index (χ0) is 22.6. The predicted molar refractivity (Wildman–Crippen MR) is 109 cm³/mol. The highest BCUT2D eigenvalue weighted by Crippen LogP contribution is 2.30. The van der Waals surface area contributed by atoms with Crippen molar-refractivity contribution in [2.45, 2.75) is 25.6 Å². The number of amides is 3. The van der Waals surface area contributed by atoms with E-state index in [0.29, 0.717) is 36.3 Å². The smallest absolute Gasteiger partial charge is 0.337 e. The first-order chi connectivity index (χ1) is 14.6. The fourth-order valence-electron chi connectivity index (χ4n) is 3.25. The van der Waals surface area contributed by atoms with E-state index in [9.17, 15) is 27.2 Å². The summed E-state index contributed by atoms with van der Waals surface area (Å²) in [7, 11) is 0. The lowest BCUT2D eigenvalue weighted by atomic mass is 10.0. The first-order valence-corrected chi connectivity index (χ1v) is 9.60. The highest BCUT2D eigenvalue weighted by molar-refractivity contribution is 5.95. The van der Waals surface area contributed by atoms with Crippen molar-refractivity contribution in [3.05, 3.63) is 71.6 Å². The van der Waals surface area contributed by atoms with E-state index in [1.165, 1.54) is 42.5 Å². The molecule has 2 aromatic rings. The molecule has 9 heteroatoms. The number of anilines is 1. The number of carbonyl (C=O) groups is 2. The second-order valence-corrected chi connectivity index (χ2v) is 7.28. The third kappa shape index (κ3) is 6.07. The van der Waals surface area contributed by atoms with Gasteiger partial charge in [-0.05, 0) is 60.9 Å². The normalized spacial score (nSPS) is 16.9. The zero-order valence-electron chi connectivity index (χ0n) is 16.7. The molecular weight excluding hydrogens is 414 g/mol. The molecule has 0 spiro atoms. The van der Waals surface area contributed by atoms with Crippen molar-refractivity contribution in [1.82, 2.24) is 10.2 Å². The number of hydrogen-bond donors (Lipinski definition) is 2. The third-order valence-corrected chi connectivity index (χ3v) is 4.94. The predicted octanol–water partition coefficient (Wildman–Crippen LogP) is 4.67. The van der Waals surface area contributed by atoms with Crippen LogP contribution in [-0.4, -0.2) is 36.0 Å². The van der Waals surface area contributed by atoms with Crippen molar-refractivity contribution in [1.29, 1.82) is 0 Å². The van der Waals surface area contributed by atoms with Crippen molar-refractivity contribution < 1.29 is 27.2 Å². The summed E-state index contributed by atoms with van der Waals surface area (Å²) in [6.07, 6.45) is -2.47. The number of nitrogens with one attached hydrogen (secondary N) is 2. The molecule has 3 rings (SSSR count). The Kier molecular flexibility index (Phi) is 6.62. The summed E-state index contributed by atoms with van der Waals surface area (Å²) in [5.41, 5.74) is 0.765. The van der Waals surface area contributed by atoms with Crippen LogP contribution in [0, 0.1) is 5.82 Å². The lowest BCUT2D eigenvalue weighted by Gasteiger charge is -2.16. The molecule has 5 nitrogen and oxygen atoms in total. The molecule has 1 atom stereocenters. The van der Waals surface area contributed by atoms with Crippen LogP contribution < -0.4 is 10.6 Å². The second-order valence-electron chi connectivity index (χ2n) is 7.28. The summed E-state index contributed by atoms with van der Waals surface area (Å²) in [5.74, 6) is -0.684. The molecule has 1 fully saturated rings. The van der Waals surface area contributed by atoms with Crippen LogP contribution in [0.2, 0.25) is 0 Å². The van der Waals surface area contributed by atoms with Crippen molar-refractivity contribution in [3.8, 4) is 0 Å². The first kappa shape index (κ1) is 22.3. The third-order valence-electron chi connectivity index (χ3n) is 4.94. The molecule has 2 aromatic carbocycles. The van der Waals surface area contributed by atoms with Gasteiger partial charge in [0.1, 0.15) is 5.82 Å². The molecule has 1 aliphatic rings. The number of allylic oxidation sites excluding steroid dienone is 1. The van der Waals surface area contributed by atoms with Crippen LogP contribution in [0.1, 0.15) is 24.5 Å². The summed E-state index contributed by atoms with van der Waals surface area (Å²) in [6.45, 7) is 2.41. The zero-order valence-corrected chi connectivity index (χ0v) is 16.7. The van der Waals surface area contributed by atoms with Crippen LogP contribution in [0.5, 0.6) is 0 Å². The Labute approximate surface area is 176 Å². The van der Waals surface area contributed by atoms with Gasteiger partial charge in [-0.2, -0.15) is 13.2 Å². The van der Waals surface area contributed by atoms with Crippen LogP contribution in [0.15, 0.2) is 54.6 Å². The Morgan fingerprint density at radius 2 is 1.71 bits per heavy atom. The average Bonchev–Trinajstić information content (AvgIpc) is 3.17. The number of rotatable bonds is 4. The molecule has 0 bridgehead atoms. The summed E-state index contributed by atoms with van der Waals surface area (Å²) in [6, 6.07) is 9.26. The number of benzene rings is 2. The van der Waals surface area contributed by atoms with Gasteiger partial charge in [-0.15, -0.1) is 0 Å². The Hall–Kier alpha value is -3.36. The molecular formula is C22H21F4N3O2. The van der Waals surface area contributed by atoms with E-state index in [0.717, 1.165) is 12.1 Å². The van der Waals surface area contributed by atoms with Crippen LogP contribution in [0.3, 0.4) is 0 Å². The Morgan fingerprint density at radius 1 is 1.06 bits per heavy atom. The quantitative estimate of drug-likeness (QED) is 0.542. The number of nitrogens with zero attached hydrogens (tertiary/aromatic N) is 1. The molecule has 3 amide bonds. The molecule has 164 valence electrons. The Morgan fingerprint density at radius 3 is 2.32 bits per heavy atom. The Balaban J connectivity index is 1.53. The number of urea groups is 1. The van der Waals surface area contributed by atoms with E-state index in [1.807, 2.05) is 0 Å². The van der Waals surface area contributed by atoms with Crippen molar-refractivity contribution in [2.24, 2.45) is 0 Å². The highest BCUT2D eigenvalue weighted by Gasteiger charge is 2.30. The van der Waals surface area contributed by atoms with Gasteiger partial charge in [-0.25, -0.2) is 9.18 Å². The fourth-order valence-corrected chi connectivity index (χ4v) is 3.25. The number of hydrogen-bond acceptors (Lipinski definition) is 2. The number of carbonyl (C=O) groups excluding carboxylic acids is 2. The maximum absolute atomic E-state index is 12.9. The van der Waals surface area contributed by atoms with Gasteiger partial charge in [0.25, 0.3) is 0 Å². The Bertz CT molecular complexity index is 970. The van der Waals surface area contributed by atoms with Gasteiger partial charge in [-0.3, -0.25) is 4.79 Å². The van der Waals surface area contributed by atoms with E-state index in [4.69, 9.17) is 0 Å². The van der Waals surface area contributed by atoms with Gasteiger partial charge in [0.15, 0.2) is 0 Å². The van der Waals surface area contributed by atoms with Gasteiger partial charge in [0.2, 0.25) is 5.91 Å². The highest BCUT2D eigenvalue weighted by atomic mass is 19.4. The van der Waals surface area contributed by atoms with E-state index >= 15 is 0 Å². The second kappa shape index (κ2) is 9.20. The largest absolute Gasteiger partial charge is 0.416 e. The topological polar surface area (TPSA) is 61.4 Å². The van der Waals surface area contributed by atoms with Gasteiger partial charge in [0.05, 0.1) is 5.56 Å². The molecule has 0 aromatic heterocycles. The lowest BCUT2D eigenvalue weighted by molar-refractivity contribution is -0.137. The van der Waals surface area contributed by atoms with Crippen LogP contribution in [0.25, 0.3) is 5.57 Å². The molecule has 1 unspecified atom stereocenters. The van der Waals surface area contributed by atoms with E-state index in [2.05, 4.69) is 10.6 Å². The van der Waals surface area contributed by atoms with Crippen LogP contribution >= 0.6 is 0 Å². The standard InChI is InChI=1S/C22H21F4N3O2/c1-14(15-2-4-16(5-3-15)22(24,25)26)12-20(30)29-11-10-19(13-29)28-21(31)27-18-8-6-17(23)7-9-18/h2-9,12,19H,10-11,13H2,1H3,(H2,27,28,31). The molecule has 2 N–H and O–H groups in total. The van der Waals surface area contributed by atoms with Gasteiger partial charge in [0, 0.05) is 30.9 Å². The van der Waals surface area contributed by atoms with Gasteiger partial charge < -0.3 is 15.5 Å². The van der Waals surface area contributed by atoms with Gasteiger partial charge >= 0.3 is 12.2 Å². The minimum atomic E-state index is -4.41. The van der Waals surface area contributed by atoms with Crippen LogP contribution in [-0.2, 0) is 11.0 Å². The summed E-state index contributed by atoms with van der Waals surface area (Å²) in [4.78, 5) is 26.2. The van der Waals surface area contributed by atoms with E-state index in [-0.39, 0.29) is 11.9 Å². The molecule has 31 heavy (non-hydrogen) atoms. The average molecular weight is 435 g/mol. The van der Waals surface area contributed by atoms with E-state index in [1.54, 1.807) is 11.8 Å². The van der Waals surface area contributed by atoms with E-state index < -0.39 is 23.6 Å². The summed E-state index contributed by atoms with van der Waals surface area (Å²) in [5, 5.41) is 5.36. The summed E-state index contributed by atoms with van der Waals surface area (Å²) < 4.78 is 50.9. The minimum absolute atomic E-state index is 0.246. The maximum Gasteiger partial charge on any atom is 0.416 e. The van der Waals surface area contributed by atoms with Crippen molar-refractivity contribution in [3.63, 3.8) is 0 Å². The number of halogens is 4. The summed E-state index contributed by atoms with van der Waals surface area (Å²) >= 11 is 0.